The van der Waals surface area contributed by atoms with Crippen LogP contribution in [0.25, 0.3) is 0 Å². The lowest BCUT2D eigenvalue weighted by atomic mass is 10.2. The standard InChI is InChI=1S/C17H15ClF2N2O4S/c18-13-3-1-11(17(23)21-12-2-4-14(19)15(20)10-12)9-16(13)27(24,25)22-5-7-26-8-6-22/h1-4,9-10H,5-8H2,(H,21,23). The van der Waals surface area contributed by atoms with Crippen molar-refractivity contribution in [3.8, 4) is 0 Å². The van der Waals surface area contributed by atoms with E-state index in [1.807, 2.05) is 0 Å². The average Bonchev–Trinajstić information content (AvgIpc) is 2.65. The minimum absolute atomic E-state index is 0.0102. The number of carbonyl (C=O) groups excluding carboxylic acids is 1. The van der Waals surface area contributed by atoms with Crippen molar-refractivity contribution in [3.63, 3.8) is 0 Å². The first-order valence-electron chi connectivity index (χ1n) is 7.93. The van der Waals surface area contributed by atoms with E-state index in [0.29, 0.717) is 0 Å². The molecule has 1 aliphatic heterocycles. The molecule has 0 saturated carbocycles. The Hall–Kier alpha value is -2.07. The highest BCUT2D eigenvalue weighted by atomic mass is 35.5. The van der Waals surface area contributed by atoms with Crippen molar-refractivity contribution in [1.29, 1.82) is 0 Å². The molecule has 6 nitrogen and oxygen atoms in total. The predicted octanol–water partition coefficient (Wildman–Crippen LogP) is 2.89. The highest BCUT2D eigenvalue weighted by Crippen LogP contribution is 2.27. The van der Waals surface area contributed by atoms with Crippen LogP contribution in [0.5, 0.6) is 0 Å². The first-order chi connectivity index (χ1) is 12.8. The maximum Gasteiger partial charge on any atom is 0.255 e. The Balaban J connectivity index is 1.88. The third kappa shape index (κ3) is 4.27. The van der Waals surface area contributed by atoms with Gasteiger partial charge in [-0.1, -0.05) is 11.6 Å². The van der Waals surface area contributed by atoms with Gasteiger partial charge in [-0.25, -0.2) is 17.2 Å². The molecule has 1 aliphatic rings. The molecular formula is C17H15ClF2N2O4S. The van der Waals surface area contributed by atoms with E-state index in [2.05, 4.69) is 5.32 Å². The van der Waals surface area contributed by atoms with Gasteiger partial charge in [0.2, 0.25) is 10.0 Å². The molecule has 2 aromatic rings. The van der Waals surface area contributed by atoms with E-state index in [1.165, 1.54) is 22.5 Å². The lowest BCUT2D eigenvalue weighted by molar-refractivity contribution is 0.0730. The molecule has 1 amide bonds. The fourth-order valence-electron chi connectivity index (χ4n) is 2.55. The molecule has 0 aliphatic carbocycles. The van der Waals surface area contributed by atoms with Crippen LogP contribution in [0.4, 0.5) is 14.5 Å². The molecule has 0 atom stereocenters. The Bertz CT molecular complexity index is 979. The number of anilines is 1. The molecule has 0 unspecified atom stereocenters. The lowest BCUT2D eigenvalue weighted by Crippen LogP contribution is -2.40. The topological polar surface area (TPSA) is 75.7 Å². The molecule has 0 radical (unpaired) electrons. The molecule has 2 aromatic carbocycles. The number of amides is 1. The SMILES string of the molecule is O=C(Nc1ccc(F)c(F)c1)c1ccc(Cl)c(S(=O)(=O)N2CCOCC2)c1. The zero-order valence-corrected chi connectivity index (χ0v) is 15.5. The zero-order valence-electron chi connectivity index (χ0n) is 13.9. The van der Waals surface area contributed by atoms with Gasteiger partial charge in [-0.15, -0.1) is 0 Å². The molecule has 0 aromatic heterocycles. The van der Waals surface area contributed by atoms with Crippen LogP contribution in [0.3, 0.4) is 0 Å². The average molecular weight is 417 g/mol. The Morgan fingerprint density at radius 3 is 2.44 bits per heavy atom. The van der Waals surface area contributed by atoms with Gasteiger partial charge >= 0.3 is 0 Å². The number of carbonyl (C=O) groups is 1. The second-order valence-electron chi connectivity index (χ2n) is 5.74. The minimum atomic E-state index is -3.90. The number of morpholine rings is 1. The van der Waals surface area contributed by atoms with E-state index < -0.39 is 27.6 Å². The Labute approximate surface area is 159 Å². The highest BCUT2D eigenvalue weighted by molar-refractivity contribution is 7.89. The number of halogens is 3. The first-order valence-corrected chi connectivity index (χ1v) is 9.75. The smallest absolute Gasteiger partial charge is 0.255 e. The monoisotopic (exact) mass is 416 g/mol. The van der Waals surface area contributed by atoms with Crippen molar-refractivity contribution in [1.82, 2.24) is 4.31 Å². The second kappa shape index (κ2) is 7.89. The van der Waals surface area contributed by atoms with Gasteiger partial charge in [-0.3, -0.25) is 4.79 Å². The number of sulfonamides is 1. The van der Waals surface area contributed by atoms with Crippen molar-refractivity contribution in [2.45, 2.75) is 4.90 Å². The van der Waals surface area contributed by atoms with Gasteiger partial charge in [0.15, 0.2) is 11.6 Å². The van der Waals surface area contributed by atoms with Crippen LogP contribution in [-0.4, -0.2) is 44.9 Å². The molecule has 144 valence electrons. The number of nitrogens with zero attached hydrogens (tertiary/aromatic N) is 1. The summed E-state index contributed by atoms with van der Waals surface area (Å²) in [5, 5.41) is 2.36. The summed E-state index contributed by atoms with van der Waals surface area (Å²) >= 11 is 6.04. The van der Waals surface area contributed by atoms with Crippen molar-refractivity contribution < 1.29 is 26.7 Å². The summed E-state index contributed by atoms with van der Waals surface area (Å²) in [6.45, 7) is 0.911. The number of hydrogen-bond donors (Lipinski definition) is 1. The van der Waals surface area contributed by atoms with Gasteiger partial charge in [0, 0.05) is 30.4 Å². The minimum Gasteiger partial charge on any atom is -0.379 e. The molecule has 0 spiro atoms. The van der Waals surface area contributed by atoms with Crippen molar-refractivity contribution >= 4 is 33.2 Å². The summed E-state index contributed by atoms with van der Waals surface area (Å²) in [7, 11) is -3.90. The molecule has 0 bridgehead atoms. The van der Waals surface area contributed by atoms with Crippen LogP contribution in [0.2, 0.25) is 5.02 Å². The fourth-order valence-corrected chi connectivity index (χ4v) is 4.45. The largest absolute Gasteiger partial charge is 0.379 e. The number of benzene rings is 2. The number of hydrogen-bond acceptors (Lipinski definition) is 4. The Morgan fingerprint density at radius 2 is 1.78 bits per heavy atom. The van der Waals surface area contributed by atoms with Gasteiger partial charge in [-0.2, -0.15) is 4.31 Å². The van der Waals surface area contributed by atoms with E-state index in [9.17, 15) is 22.0 Å². The molecule has 1 saturated heterocycles. The normalized spacial score (nSPS) is 15.5. The van der Waals surface area contributed by atoms with Crippen LogP contribution in [-0.2, 0) is 14.8 Å². The van der Waals surface area contributed by atoms with Gasteiger partial charge in [0.05, 0.1) is 18.2 Å². The van der Waals surface area contributed by atoms with Gasteiger partial charge in [-0.05, 0) is 30.3 Å². The maximum absolute atomic E-state index is 13.3. The summed E-state index contributed by atoms with van der Waals surface area (Å²) < 4.78 is 58.2. The summed E-state index contributed by atoms with van der Waals surface area (Å²) in [4.78, 5) is 12.2. The molecule has 1 fully saturated rings. The molecule has 1 heterocycles. The van der Waals surface area contributed by atoms with Crippen LogP contribution in [0.1, 0.15) is 10.4 Å². The summed E-state index contributed by atoms with van der Waals surface area (Å²) in [5.41, 5.74) is 0.0439. The summed E-state index contributed by atoms with van der Waals surface area (Å²) in [6, 6.07) is 6.69. The van der Waals surface area contributed by atoms with Gasteiger partial charge in [0.25, 0.3) is 5.91 Å². The van der Waals surface area contributed by atoms with Crippen molar-refractivity contribution in [3.05, 3.63) is 58.6 Å². The van der Waals surface area contributed by atoms with E-state index >= 15 is 0 Å². The van der Waals surface area contributed by atoms with Crippen LogP contribution in [0.15, 0.2) is 41.3 Å². The quantitative estimate of drug-likeness (QED) is 0.831. The van der Waals surface area contributed by atoms with Crippen molar-refractivity contribution in [2.75, 3.05) is 31.6 Å². The molecule has 1 N–H and O–H groups in total. The van der Waals surface area contributed by atoms with E-state index in [-0.39, 0.29) is 47.5 Å². The van der Waals surface area contributed by atoms with E-state index in [1.54, 1.807) is 0 Å². The number of ether oxygens (including phenoxy) is 1. The Morgan fingerprint density at radius 1 is 1.07 bits per heavy atom. The third-order valence-electron chi connectivity index (χ3n) is 3.96. The van der Waals surface area contributed by atoms with Gasteiger partial charge in [0.1, 0.15) is 4.90 Å². The van der Waals surface area contributed by atoms with Gasteiger partial charge < -0.3 is 10.1 Å². The van der Waals surface area contributed by atoms with Crippen LogP contribution < -0.4 is 5.32 Å². The Kier molecular flexibility index (Phi) is 5.75. The second-order valence-corrected chi connectivity index (χ2v) is 8.06. The van der Waals surface area contributed by atoms with Crippen molar-refractivity contribution in [2.24, 2.45) is 0 Å². The summed E-state index contributed by atoms with van der Waals surface area (Å²) in [6.07, 6.45) is 0. The first kappa shape index (κ1) is 19.7. The van der Waals surface area contributed by atoms with E-state index in [0.717, 1.165) is 18.2 Å². The van der Waals surface area contributed by atoms with Crippen LogP contribution >= 0.6 is 11.6 Å². The summed E-state index contributed by atoms with van der Waals surface area (Å²) in [5.74, 6) is -2.84. The third-order valence-corrected chi connectivity index (χ3v) is 6.34. The number of rotatable bonds is 4. The highest BCUT2D eigenvalue weighted by Gasteiger charge is 2.29. The molecule has 10 heteroatoms. The zero-order chi connectivity index (χ0) is 19.6. The molecular weight excluding hydrogens is 402 g/mol. The fraction of sp³-hybridized carbons (Fsp3) is 0.235. The molecule has 27 heavy (non-hydrogen) atoms. The van der Waals surface area contributed by atoms with Crippen LogP contribution in [0, 0.1) is 11.6 Å². The maximum atomic E-state index is 13.3. The van der Waals surface area contributed by atoms with E-state index in [4.69, 9.17) is 16.3 Å². The lowest BCUT2D eigenvalue weighted by Gasteiger charge is -2.26. The predicted molar refractivity (Wildman–Crippen MR) is 95.3 cm³/mol. The number of nitrogens with one attached hydrogen (secondary N) is 1. The molecule has 3 rings (SSSR count).